The molecule has 5 nitrogen and oxygen atoms in total. The molecule has 2 aromatic carbocycles. The normalized spacial score (nSPS) is 19.2. The van der Waals surface area contributed by atoms with E-state index in [9.17, 15) is 5.11 Å². The average Bonchev–Trinajstić information content (AvgIpc) is 2.63. The van der Waals surface area contributed by atoms with Crippen LogP contribution in [0.4, 0.5) is 0 Å². The number of fused-ring (bicyclic) bond motifs is 1. The van der Waals surface area contributed by atoms with Crippen molar-refractivity contribution in [2.75, 3.05) is 34.9 Å². The minimum Gasteiger partial charge on any atom is -0.504 e. The van der Waals surface area contributed by atoms with E-state index in [1.807, 2.05) is 24.3 Å². The van der Waals surface area contributed by atoms with Crippen molar-refractivity contribution in [1.82, 2.24) is 0 Å². The van der Waals surface area contributed by atoms with E-state index in [-0.39, 0.29) is 11.8 Å². The summed E-state index contributed by atoms with van der Waals surface area (Å²) >= 11 is 0. The van der Waals surface area contributed by atoms with Gasteiger partial charge in [0.2, 0.25) is 0 Å². The first-order valence-corrected chi connectivity index (χ1v) is 8.50. The molecule has 1 aliphatic rings. The highest BCUT2D eigenvalue weighted by molar-refractivity contribution is 5.49. The number of ether oxygens (including phenoxy) is 3. The van der Waals surface area contributed by atoms with E-state index in [1.54, 1.807) is 21.3 Å². The molecule has 0 bridgehead atoms. The molecule has 0 amide bonds. The smallest absolute Gasteiger partial charge is 0.160 e. The van der Waals surface area contributed by atoms with Gasteiger partial charge in [-0.1, -0.05) is 6.07 Å². The SMILES string of the molecule is COc1cc2c(cc1O)[C@H](Cc1ccc(OC)c(OC)c1)[NH+](C)CC2. The maximum atomic E-state index is 10.2. The Morgan fingerprint density at radius 2 is 1.72 bits per heavy atom. The Balaban J connectivity index is 1.94. The van der Waals surface area contributed by atoms with Crippen LogP contribution in [0.1, 0.15) is 22.7 Å². The molecule has 134 valence electrons. The van der Waals surface area contributed by atoms with E-state index in [1.165, 1.54) is 21.6 Å². The van der Waals surface area contributed by atoms with Crippen LogP contribution in [0.5, 0.6) is 23.0 Å². The minimum absolute atomic E-state index is 0.202. The van der Waals surface area contributed by atoms with Crippen molar-refractivity contribution < 1.29 is 24.2 Å². The Morgan fingerprint density at radius 1 is 1.00 bits per heavy atom. The first-order chi connectivity index (χ1) is 12.1. The first kappa shape index (κ1) is 17.4. The molecule has 0 radical (unpaired) electrons. The van der Waals surface area contributed by atoms with E-state index in [2.05, 4.69) is 13.1 Å². The van der Waals surface area contributed by atoms with Gasteiger partial charge in [0, 0.05) is 18.4 Å². The summed E-state index contributed by atoms with van der Waals surface area (Å²) < 4.78 is 16.0. The third-order valence-corrected chi connectivity index (χ3v) is 5.09. The summed E-state index contributed by atoms with van der Waals surface area (Å²) in [7, 11) is 7.08. The monoisotopic (exact) mass is 344 g/mol. The number of phenols is 1. The second-order valence-corrected chi connectivity index (χ2v) is 6.52. The number of nitrogens with one attached hydrogen (secondary N) is 1. The van der Waals surface area contributed by atoms with Crippen LogP contribution in [0.3, 0.4) is 0 Å². The molecule has 2 atom stereocenters. The molecule has 0 aliphatic carbocycles. The lowest BCUT2D eigenvalue weighted by atomic mass is 9.88. The van der Waals surface area contributed by atoms with E-state index >= 15 is 0 Å². The molecular formula is C20H26NO4+. The highest BCUT2D eigenvalue weighted by atomic mass is 16.5. The molecule has 2 N–H and O–H groups in total. The van der Waals surface area contributed by atoms with Crippen LogP contribution in [-0.2, 0) is 12.8 Å². The fraction of sp³-hybridized carbons (Fsp3) is 0.400. The second-order valence-electron chi connectivity index (χ2n) is 6.52. The van der Waals surface area contributed by atoms with Crippen LogP contribution < -0.4 is 19.1 Å². The van der Waals surface area contributed by atoms with Gasteiger partial charge < -0.3 is 24.2 Å². The average molecular weight is 344 g/mol. The van der Waals surface area contributed by atoms with E-state index in [4.69, 9.17) is 14.2 Å². The largest absolute Gasteiger partial charge is 0.504 e. The summed E-state index contributed by atoms with van der Waals surface area (Å²) in [6, 6.07) is 10.2. The molecule has 3 rings (SSSR count). The third-order valence-electron chi connectivity index (χ3n) is 5.09. The van der Waals surface area contributed by atoms with Gasteiger partial charge >= 0.3 is 0 Å². The molecule has 1 heterocycles. The number of aromatic hydroxyl groups is 1. The van der Waals surface area contributed by atoms with Gasteiger partial charge in [-0.15, -0.1) is 0 Å². The zero-order chi connectivity index (χ0) is 18.0. The molecule has 1 aliphatic heterocycles. The lowest BCUT2D eigenvalue weighted by molar-refractivity contribution is -0.914. The maximum absolute atomic E-state index is 10.2. The summed E-state index contributed by atoms with van der Waals surface area (Å²) in [4.78, 5) is 1.44. The van der Waals surface area contributed by atoms with Crippen molar-refractivity contribution in [3.63, 3.8) is 0 Å². The Kier molecular flexibility index (Phi) is 5.04. The number of quaternary nitrogens is 1. The lowest BCUT2D eigenvalue weighted by Gasteiger charge is -2.32. The van der Waals surface area contributed by atoms with Crippen LogP contribution in [0.15, 0.2) is 30.3 Å². The molecule has 0 aromatic heterocycles. The van der Waals surface area contributed by atoms with Crippen molar-refractivity contribution in [2.24, 2.45) is 0 Å². The van der Waals surface area contributed by atoms with Crippen molar-refractivity contribution in [3.8, 4) is 23.0 Å². The van der Waals surface area contributed by atoms with Gasteiger partial charge in [-0.3, -0.25) is 0 Å². The first-order valence-electron chi connectivity index (χ1n) is 8.50. The predicted molar refractivity (Wildman–Crippen MR) is 96.1 cm³/mol. The molecular weight excluding hydrogens is 318 g/mol. The zero-order valence-electron chi connectivity index (χ0n) is 15.3. The Bertz CT molecular complexity index is 760. The Hall–Kier alpha value is -2.40. The number of benzene rings is 2. The number of hydrogen-bond acceptors (Lipinski definition) is 4. The van der Waals surface area contributed by atoms with Gasteiger partial charge in [0.25, 0.3) is 0 Å². The van der Waals surface area contributed by atoms with Gasteiger partial charge in [-0.25, -0.2) is 0 Å². The quantitative estimate of drug-likeness (QED) is 0.868. The number of methoxy groups -OCH3 is 3. The number of phenolic OH excluding ortho intramolecular Hbond substituents is 1. The van der Waals surface area contributed by atoms with Crippen molar-refractivity contribution >= 4 is 0 Å². The Labute approximate surface area is 148 Å². The molecule has 25 heavy (non-hydrogen) atoms. The molecule has 2 aromatic rings. The third kappa shape index (κ3) is 3.37. The van der Waals surface area contributed by atoms with Crippen molar-refractivity contribution in [1.29, 1.82) is 0 Å². The van der Waals surface area contributed by atoms with Gasteiger partial charge in [0.05, 0.1) is 34.9 Å². The van der Waals surface area contributed by atoms with Gasteiger partial charge in [-0.05, 0) is 35.4 Å². The highest BCUT2D eigenvalue weighted by Crippen LogP contribution is 2.35. The van der Waals surface area contributed by atoms with Crippen LogP contribution in [0.25, 0.3) is 0 Å². The molecule has 0 fully saturated rings. The summed E-state index contributed by atoms with van der Waals surface area (Å²) in [5.74, 6) is 2.22. The number of rotatable bonds is 5. The summed E-state index contributed by atoms with van der Waals surface area (Å²) in [6.07, 6.45) is 1.85. The van der Waals surface area contributed by atoms with Crippen molar-refractivity contribution in [2.45, 2.75) is 18.9 Å². The fourth-order valence-corrected chi connectivity index (χ4v) is 3.63. The van der Waals surface area contributed by atoms with E-state index in [0.717, 1.165) is 30.9 Å². The van der Waals surface area contributed by atoms with Crippen LogP contribution in [-0.4, -0.2) is 40.0 Å². The summed E-state index contributed by atoms with van der Waals surface area (Å²) in [5, 5.41) is 10.2. The van der Waals surface area contributed by atoms with E-state index in [0.29, 0.717) is 5.75 Å². The minimum atomic E-state index is 0.202. The highest BCUT2D eigenvalue weighted by Gasteiger charge is 2.30. The second kappa shape index (κ2) is 7.23. The van der Waals surface area contributed by atoms with Crippen LogP contribution in [0.2, 0.25) is 0 Å². The van der Waals surface area contributed by atoms with Gasteiger partial charge in [0.1, 0.15) is 6.04 Å². The summed E-state index contributed by atoms with van der Waals surface area (Å²) in [6.45, 7) is 1.05. The topological polar surface area (TPSA) is 52.4 Å². The maximum Gasteiger partial charge on any atom is 0.160 e. The van der Waals surface area contributed by atoms with E-state index < -0.39 is 0 Å². The molecule has 0 saturated carbocycles. The fourth-order valence-electron chi connectivity index (χ4n) is 3.63. The summed E-state index contributed by atoms with van der Waals surface area (Å²) in [5.41, 5.74) is 3.63. The molecule has 1 unspecified atom stereocenters. The molecule has 0 saturated heterocycles. The number of hydrogen-bond donors (Lipinski definition) is 2. The van der Waals surface area contributed by atoms with Crippen molar-refractivity contribution in [3.05, 3.63) is 47.0 Å². The predicted octanol–water partition coefficient (Wildman–Crippen LogP) is 1.77. The van der Waals surface area contributed by atoms with Gasteiger partial charge in [0.15, 0.2) is 23.0 Å². The zero-order valence-corrected chi connectivity index (χ0v) is 15.3. The van der Waals surface area contributed by atoms with Crippen LogP contribution in [0, 0.1) is 0 Å². The van der Waals surface area contributed by atoms with Crippen LogP contribution >= 0.6 is 0 Å². The number of likely N-dealkylation sites (N-methyl/N-ethyl adjacent to an activating group) is 1. The standard InChI is InChI=1S/C20H25NO4/c1-21-8-7-14-11-19(24-3)17(22)12-15(14)16(21)9-13-5-6-18(23-2)20(10-13)25-4/h5-6,10-12,16,22H,7-9H2,1-4H3/p+1/t16-/m0/s1. The molecule has 5 heteroatoms. The Morgan fingerprint density at radius 3 is 2.40 bits per heavy atom. The van der Waals surface area contributed by atoms with Gasteiger partial charge in [-0.2, -0.15) is 0 Å². The molecule has 0 spiro atoms. The lowest BCUT2D eigenvalue weighted by Crippen LogP contribution is -3.10.